The topological polar surface area (TPSA) is 48.9 Å². The zero-order valence-corrected chi connectivity index (χ0v) is 16.4. The van der Waals surface area contributed by atoms with E-state index in [1.54, 1.807) is 0 Å². The van der Waals surface area contributed by atoms with Gasteiger partial charge >= 0.3 is 0 Å². The Bertz CT molecular complexity index is 556. The minimum absolute atomic E-state index is 0.0908. The number of likely N-dealkylation sites (N-methyl/N-ethyl adjacent to an activating group) is 1. The van der Waals surface area contributed by atoms with Crippen LogP contribution in [0.2, 0.25) is 5.02 Å². The summed E-state index contributed by atoms with van der Waals surface area (Å²) in [5.74, 6) is 0.872. The molecule has 140 valence electrons. The molecule has 2 N–H and O–H groups in total. The SMILES string of the molecule is CCNC(=NCC1(N(C)C)CCOCC1)NCCc1cccc(Cl)c1. The van der Waals surface area contributed by atoms with E-state index >= 15 is 0 Å². The second kappa shape index (κ2) is 10.00. The van der Waals surface area contributed by atoms with Gasteiger partial charge in [-0.1, -0.05) is 23.7 Å². The number of nitrogens with one attached hydrogen (secondary N) is 2. The van der Waals surface area contributed by atoms with Crippen molar-refractivity contribution >= 4 is 17.6 Å². The Kier molecular flexibility index (Phi) is 8.00. The van der Waals surface area contributed by atoms with Crippen LogP contribution >= 0.6 is 11.6 Å². The number of aliphatic imine (C=N–C) groups is 1. The molecular weight excluding hydrogens is 336 g/mol. The molecule has 1 aromatic rings. The fourth-order valence-electron chi connectivity index (χ4n) is 3.08. The van der Waals surface area contributed by atoms with Crippen molar-refractivity contribution in [3.8, 4) is 0 Å². The van der Waals surface area contributed by atoms with Crippen LogP contribution < -0.4 is 10.6 Å². The van der Waals surface area contributed by atoms with Crippen LogP contribution in [0.4, 0.5) is 0 Å². The third-order valence-electron chi connectivity index (χ3n) is 4.84. The highest BCUT2D eigenvalue weighted by molar-refractivity contribution is 6.30. The monoisotopic (exact) mass is 366 g/mol. The molecule has 0 spiro atoms. The molecule has 5 nitrogen and oxygen atoms in total. The molecule has 0 bridgehead atoms. The lowest BCUT2D eigenvalue weighted by Crippen LogP contribution is -2.51. The second-order valence-corrected chi connectivity index (χ2v) is 7.17. The van der Waals surface area contributed by atoms with Gasteiger partial charge in [-0.05, 0) is 58.0 Å². The molecule has 1 fully saturated rings. The number of ether oxygens (including phenoxy) is 1. The number of benzene rings is 1. The Morgan fingerprint density at radius 3 is 2.68 bits per heavy atom. The molecule has 0 radical (unpaired) electrons. The molecule has 2 rings (SSSR count). The predicted molar refractivity (Wildman–Crippen MR) is 106 cm³/mol. The first kappa shape index (κ1) is 20.0. The summed E-state index contributed by atoms with van der Waals surface area (Å²) in [4.78, 5) is 7.15. The lowest BCUT2D eigenvalue weighted by atomic mass is 9.89. The highest BCUT2D eigenvalue weighted by atomic mass is 35.5. The summed E-state index contributed by atoms with van der Waals surface area (Å²) in [6, 6.07) is 8.00. The van der Waals surface area contributed by atoms with Crippen molar-refractivity contribution in [1.82, 2.24) is 15.5 Å². The zero-order valence-electron chi connectivity index (χ0n) is 15.6. The standard InChI is InChI=1S/C19H31ClN4O/c1-4-21-18(22-11-8-16-6-5-7-17(20)14-16)23-15-19(24(2)3)9-12-25-13-10-19/h5-7,14H,4,8-13,15H2,1-3H3,(H2,21,22,23). The number of hydrogen-bond acceptors (Lipinski definition) is 3. The van der Waals surface area contributed by atoms with Crippen molar-refractivity contribution in [2.45, 2.75) is 31.7 Å². The van der Waals surface area contributed by atoms with Gasteiger partial charge in [-0.3, -0.25) is 4.99 Å². The van der Waals surface area contributed by atoms with E-state index in [1.807, 2.05) is 18.2 Å². The van der Waals surface area contributed by atoms with Crippen LogP contribution in [0.3, 0.4) is 0 Å². The molecule has 6 heteroatoms. The molecule has 0 aliphatic carbocycles. The average molecular weight is 367 g/mol. The fraction of sp³-hybridized carbons (Fsp3) is 0.632. The molecule has 1 aliphatic rings. The lowest BCUT2D eigenvalue weighted by Gasteiger charge is -2.41. The van der Waals surface area contributed by atoms with Crippen LogP contribution in [-0.2, 0) is 11.2 Å². The number of hydrogen-bond donors (Lipinski definition) is 2. The summed E-state index contributed by atoms with van der Waals surface area (Å²) < 4.78 is 5.54. The van der Waals surface area contributed by atoms with Gasteiger partial charge in [0.25, 0.3) is 0 Å². The maximum Gasteiger partial charge on any atom is 0.191 e. The first-order chi connectivity index (χ1) is 12.1. The molecule has 1 saturated heterocycles. The van der Waals surface area contributed by atoms with Gasteiger partial charge in [0.05, 0.1) is 6.54 Å². The van der Waals surface area contributed by atoms with Gasteiger partial charge in [-0.25, -0.2) is 0 Å². The Morgan fingerprint density at radius 2 is 2.04 bits per heavy atom. The van der Waals surface area contributed by atoms with Crippen LogP contribution in [0.5, 0.6) is 0 Å². The fourth-order valence-corrected chi connectivity index (χ4v) is 3.30. The summed E-state index contributed by atoms with van der Waals surface area (Å²) in [5, 5.41) is 7.55. The first-order valence-corrected chi connectivity index (χ1v) is 9.45. The Labute approximate surface area is 156 Å². The summed E-state index contributed by atoms with van der Waals surface area (Å²) >= 11 is 6.05. The molecule has 1 heterocycles. The molecular formula is C19H31ClN4O. The number of guanidine groups is 1. The Balaban J connectivity index is 1.92. The molecule has 0 atom stereocenters. The molecule has 0 aromatic heterocycles. The minimum Gasteiger partial charge on any atom is -0.381 e. The molecule has 1 aliphatic heterocycles. The number of nitrogens with zero attached hydrogens (tertiary/aromatic N) is 2. The molecule has 0 amide bonds. The van der Waals surface area contributed by atoms with Crippen LogP contribution in [-0.4, -0.2) is 63.3 Å². The van der Waals surface area contributed by atoms with E-state index in [0.29, 0.717) is 0 Å². The average Bonchev–Trinajstić information content (AvgIpc) is 2.60. The third-order valence-corrected chi connectivity index (χ3v) is 5.08. The van der Waals surface area contributed by atoms with Gasteiger partial charge in [0.1, 0.15) is 0 Å². The van der Waals surface area contributed by atoms with Crippen molar-refractivity contribution in [3.63, 3.8) is 0 Å². The summed E-state index contributed by atoms with van der Waals surface area (Å²) in [6.45, 7) is 6.16. The normalized spacial score (nSPS) is 17.6. The second-order valence-electron chi connectivity index (χ2n) is 6.73. The van der Waals surface area contributed by atoms with E-state index in [4.69, 9.17) is 21.3 Å². The van der Waals surface area contributed by atoms with Gasteiger partial charge in [-0.2, -0.15) is 0 Å². The predicted octanol–water partition coefficient (Wildman–Crippen LogP) is 2.55. The van der Waals surface area contributed by atoms with Crippen molar-refractivity contribution in [1.29, 1.82) is 0 Å². The first-order valence-electron chi connectivity index (χ1n) is 9.07. The quantitative estimate of drug-likeness (QED) is 0.575. The molecule has 0 unspecified atom stereocenters. The summed E-state index contributed by atoms with van der Waals surface area (Å²) in [7, 11) is 4.28. The van der Waals surface area contributed by atoms with Gasteiger partial charge in [0, 0.05) is 36.9 Å². The molecule has 1 aromatic carbocycles. The van der Waals surface area contributed by atoms with E-state index < -0.39 is 0 Å². The van der Waals surface area contributed by atoms with E-state index in [-0.39, 0.29) is 5.54 Å². The third kappa shape index (κ3) is 6.17. The highest BCUT2D eigenvalue weighted by Gasteiger charge is 2.34. The lowest BCUT2D eigenvalue weighted by molar-refractivity contribution is -0.00254. The van der Waals surface area contributed by atoms with Crippen LogP contribution in [0.15, 0.2) is 29.3 Å². The summed E-state index contributed by atoms with van der Waals surface area (Å²) in [5.41, 5.74) is 1.32. The van der Waals surface area contributed by atoms with Gasteiger partial charge in [0.2, 0.25) is 0 Å². The van der Waals surface area contributed by atoms with Crippen LogP contribution in [0.1, 0.15) is 25.3 Å². The van der Waals surface area contributed by atoms with Crippen molar-refractivity contribution in [2.75, 3.05) is 46.9 Å². The number of halogens is 1. The number of rotatable bonds is 7. The van der Waals surface area contributed by atoms with Crippen molar-refractivity contribution in [2.24, 2.45) is 4.99 Å². The van der Waals surface area contributed by atoms with E-state index in [1.165, 1.54) is 5.56 Å². The maximum atomic E-state index is 6.05. The van der Waals surface area contributed by atoms with Gasteiger partial charge in [-0.15, -0.1) is 0 Å². The van der Waals surface area contributed by atoms with Crippen molar-refractivity contribution in [3.05, 3.63) is 34.9 Å². The Hall–Kier alpha value is -1.30. The smallest absolute Gasteiger partial charge is 0.191 e. The summed E-state index contributed by atoms with van der Waals surface area (Å²) in [6.07, 6.45) is 2.95. The van der Waals surface area contributed by atoms with Gasteiger partial charge in [0.15, 0.2) is 5.96 Å². The van der Waals surface area contributed by atoms with Crippen molar-refractivity contribution < 1.29 is 4.74 Å². The molecule has 25 heavy (non-hydrogen) atoms. The Morgan fingerprint density at radius 1 is 1.28 bits per heavy atom. The molecule has 0 saturated carbocycles. The zero-order chi connectivity index (χ0) is 18.1. The van der Waals surface area contributed by atoms with Crippen LogP contribution in [0.25, 0.3) is 0 Å². The highest BCUT2D eigenvalue weighted by Crippen LogP contribution is 2.26. The van der Waals surface area contributed by atoms with E-state index in [9.17, 15) is 0 Å². The largest absolute Gasteiger partial charge is 0.381 e. The maximum absolute atomic E-state index is 6.05. The van der Waals surface area contributed by atoms with E-state index in [0.717, 1.165) is 63.1 Å². The van der Waals surface area contributed by atoms with Crippen LogP contribution in [0, 0.1) is 0 Å². The van der Waals surface area contributed by atoms with Gasteiger partial charge < -0.3 is 20.3 Å². The van der Waals surface area contributed by atoms with E-state index in [2.05, 4.69) is 42.6 Å². The minimum atomic E-state index is 0.0908.